The van der Waals surface area contributed by atoms with Gasteiger partial charge in [0.15, 0.2) is 0 Å². The molecule has 5 heteroatoms. The monoisotopic (exact) mass is 278 g/mol. The zero-order valence-corrected chi connectivity index (χ0v) is 12.4. The summed E-state index contributed by atoms with van der Waals surface area (Å²) in [6.45, 7) is 6.17. The van der Waals surface area contributed by atoms with Crippen LogP contribution in [0, 0.1) is 12.8 Å². The number of alkyl carbamates (subject to hydrolysis) is 1. The van der Waals surface area contributed by atoms with Crippen LogP contribution in [0.5, 0.6) is 0 Å². The number of carbonyl (C=O) groups is 2. The Hall–Kier alpha value is -2.04. The highest BCUT2D eigenvalue weighted by Gasteiger charge is 2.24. The van der Waals surface area contributed by atoms with Crippen LogP contribution in [0.15, 0.2) is 24.3 Å². The number of aryl methyl sites for hydroxylation is 1. The number of hydrogen-bond acceptors (Lipinski definition) is 3. The van der Waals surface area contributed by atoms with Gasteiger partial charge in [-0.1, -0.05) is 38.1 Å². The molecule has 0 saturated heterocycles. The highest BCUT2D eigenvalue weighted by Crippen LogP contribution is 2.07. The fraction of sp³-hybridized carbons (Fsp3) is 0.467. The van der Waals surface area contributed by atoms with Gasteiger partial charge in [-0.05, 0) is 24.0 Å². The topological polar surface area (TPSA) is 67.4 Å². The van der Waals surface area contributed by atoms with Crippen molar-refractivity contribution in [1.82, 2.24) is 10.6 Å². The predicted octanol–water partition coefficient (Wildman–Crippen LogP) is 1.99. The highest BCUT2D eigenvalue weighted by atomic mass is 16.5. The summed E-state index contributed by atoms with van der Waals surface area (Å²) in [7, 11) is 1.28. The van der Waals surface area contributed by atoms with E-state index >= 15 is 0 Å². The second-order valence-corrected chi connectivity index (χ2v) is 5.00. The molecule has 0 radical (unpaired) electrons. The molecule has 1 rings (SSSR count). The number of amides is 2. The Bertz CT molecular complexity index is 472. The van der Waals surface area contributed by atoms with Crippen LogP contribution < -0.4 is 10.6 Å². The van der Waals surface area contributed by atoms with E-state index in [4.69, 9.17) is 0 Å². The van der Waals surface area contributed by atoms with Gasteiger partial charge in [-0.2, -0.15) is 0 Å². The molecule has 1 aromatic carbocycles. The third-order valence-corrected chi connectivity index (χ3v) is 3.12. The van der Waals surface area contributed by atoms with Crippen molar-refractivity contribution in [3.8, 4) is 0 Å². The van der Waals surface area contributed by atoms with E-state index in [0.29, 0.717) is 6.54 Å². The zero-order chi connectivity index (χ0) is 15.1. The van der Waals surface area contributed by atoms with Crippen molar-refractivity contribution < 1.29 is 14.3 Å². The number of benzene rings is 1. The average molecular weight is 278 g/mol. The zero-order valence-electron chi connectivity index (χ0n) is 12.4. The molecule has 0 aliphatic rings. The van der Waals surface area contributed by atoms with Crippen LogP contribution in [0.4, 0.5) is 4.79 Å². The molecule has 5 nitrogen and oxygen atoms in total. The molecule has 2 amide bonds. The molecule has 0 unspecified atom stereocenters. The predicted molar refractivity (Wildman–Crippen MR) is 77.2 cm³/mol. The first kappa shape index (κ1) is 16.0. The Morgan fingerprint density at radius 1 is 1.25 bits per heavy atom. The molecule has 0 aliphatic heterocycles. The van der Waals surface area contributed by atoms with Gasteiger partial charge in [0.1, 0.15) is 6.04 Å². The Balaban J connectivity index is 2.63. The summed E-state index contributed by atoms with van der Waals surface area (Å²) in [5.41, 5.74) is 2.18. The third kappa shape index (κ3) is 4.57. The van der Waals surface area contributed by atoms with Crippen LogP contribution in [0.3, 0.4) is 0 Å². The molecule has 2 N–H and O–H groups in total. The summed E-state index contributed by atoms with van der Waals surface area (Å²) in [6.07, 6.45) is -0.602. The van der Waals surface area contributed by atoms with Crippen molar-refractivity contribution in [3.63, 3.8) is 0 Å². The van der Waals surface area contributed by atoms with Gasteiger partial charge >= 0.3 is 6.09 Å². The fourth-order valence-electron chi connectivity index (χ4n) is 1.82. The highest BCUT2D eigenvalue weighted by molar-refractivity contribution is 5.85. The third-order valence-electron chi connectivity index (χ3n) is 3.12. The maximum absolute atomic E-state index is 12.1. The smallest absolute Gasteiger partial charge is 0.407 e. The summed E-state index contributed by atoms with van der Waals surface area (Å²) < 4.78 is 4.53. The van der Waals surface area contributed by atoms with Crippen molar-refractivity contribution in [3.05, 3.63) is 35.4 Å². The van der Waals surface area contributed by atoms with Crippen molar-refractivity contribution in [1.29, 1.82) is 0 Å². The quantitative estimate of drug-likeness (QED) is 0.865. The van der Waals surface area contributed by atoms with E-state index in [2.05, 4.69) is 15.4 Å². The van der Waals surface area contributed by atoms with E-state index in [-0.39, 0.29) is 11.8 Å². The molecular formula is C15H22N2O3. The molecule has 0 saturated carbocycles. The van der Waals surface area contributed by atoms with Crippen molar-refractivity contribution in [2.45, 2.75) is 33.4 Å². The Kier molecular flexibility index (Phi) is 6.03. The molecular weight excluding hydrogens is 256 g/mol. The number of carbonyl (C=O) groups excluding carboxylic acids is 2. The van der Waals surface area contributed by atoms with Crippen LogP contribution in [-0.4, -0.2) is 25.2 Å². The van der Waals surface area contributed by atoms with Gasteiger partial charge in [-0.25, -0.2) is 4.79 Å². The second-order valence-electron chi connectivity index (χ2n) is 5.00. The first-order valence-corrected chi connectivity index (χ1v) is 6.62. The summed E-state index contributed by atoms with van der Waals surface area (Å²) in [5, 5.41) is 5.39. The van der Waals surface area contributed by atoms with Crippen molar-refractivity contribution in [2.24, 2.45) is 5.92 Å². The SMILES string of the molecule is COC(=O)N[C@H](C(=O)NCc1ccccc1C)C(C)C. The first-order valence-electron chi connectivity index (χ1n) is 6.62. The lowest BCUT2D eigenvalue weighted by Gasteiger charge is -2.21. The van der Waals surface area contributed by atoms with E-state index in [9.17, 15) is 9.59 Å². The standard InChI is InChI=1S/C15H22N2O3/c1-10(2)13(17-15(19)20-4)14(18)16-9-12-8-6-5-7-11(12)3/h5-8,10,13H,9H2,1-4H3,(H,16,18)(H,17,19)/t13-/m0/s1. The summed E-state index contributed by atoms with van der Waals surface area (Å²) in [6, 6.07) is 7.24. The molecule has 0 heterocycles. The lowest BCUT2D eigenvalue weighted by molar-refractivity contribution is -0.124. The Morgan fingerprint density at radius 2 is 1.90 bits per heavy atom. The summed E-state index contributed by atoms with van der Waals surface area (Å²) in [5.74, 6) is -0.236. The van der Waals surface area contributed by atoms with E-state index in [1.807, 2.05) is 45.0 Å². The molecule has 0 aromatic heterocycles. The van der Waals surface area contributed by atoms with Crippen LogP contribution in [0.2, 0.25) is 0 Å². The maximum atomic E-state index is 12.1. The van der Waals surface area contributed by atoms with Gasteiger partial charge < -0.3 is 15.4 Å². The number of hydrogen-bond donors (Lipinski definition) is 2. The molecule has 0 bridgehead atoms. The van der Waals surface area contributed by atoms with Crippen LogP contribution in [0.25, 0.3) is 0 Å². The molecule has 20 heavy (non-hydrogen) atoms. The van der Waals surface area contributed by atoms with Crippen LogP contribution in [0.1, 0.15) is 25.0 Å². The minimum absolute atomic E-state index is 0.0222. The maximum Gasteiger partial charge on any atom is 0.407 e. The van der Waals surface area contributed by atoms with E-state index in [1.54, 1.807) is 0 Å². The van der Waals surface area contributed by atoms with Gasteiger partial charge in [-0.15, -0.1) is 0 Å². The normalized spacial score (nSPS) is 11.8. The van der Waals surface area contributed by atoms with Crippen molar-refractivity contribution >= 4 is 12.0 Å². The van der Waals surface area contributed by atoms with Gasteiger partial charge in [0.25, 0.3) is 0 Å². The minimum atomic E-state index is -0.605. The molecule has 0 aliphatic carbocycles. The van der Waals surface area contributed by atoms with E-state index in [0.717, 1.165) is 11.1 Å². The fourth-order valence-corrected chi connectivity index (χ4v) is 1.82. The molecule has 0 fully saturated rings. The average Bonchev–Trinajstić information content (AvgIpc) is 2.42. The Labute approximate surface area is 119 Å². The molecule has 1 aromatic rings. The van der Waals surface area contributed by atoms with Gasteiger partial charge in [0.2, 0.25) is 5.91 Å². The number of nitrogens with one attached hydrogen (secondary N) is 2. The van der Waals surface area contributed by atoms with Gasteiger partial charge in [0, 0.05) is 6.54 Å². The summed E-state index contributed by atoms with van der Waals surface area (Å²) >= 11 is 0. The first-order chi connectivity index (χ1) is 9.45. The van der Waals surface area contributed by atoms with Gasteiger partial charge in [0.05, 0.1) is 7.11 Å². The Morgan fingerprint density at radius 3 is 2.45 bits per heavy atom. The van der Waals surface area contributed by atoms with Gasteiger partial charge in [-0.3, -0.25) is 4.79 Å². The van der Waals surface area contributed by atoms with Crippen LogP contribution in [-0.2, 0) is 16.1 Å². The minimum Gasteiger partial charge on any atom is -0.453 e. The largest absolute Gasteiger partial charge is 0.453 e. The second kappa shape index (κ2) is 7.53. The van der Waals surface area contributed by atoms with Crippen LogP contribution >= 0.6 is 0 Å². The lowest BCUT2D eigenvalue weighted by atomic mass is 10.0. The molecule has 110 valence electrons. The number of ether oxygens (including phenoxy) is 1. The van der Waals surface area contributed by atoms with E-state index in [1.165, 1.54) is 7.11 Å². The van der Waals surface area contributed by atoms with Crippen molar-refractivity contribution in [2.75, 3.05) is 7.11 Å². The summed E-state index contributed by atoms with van der Waals surface area (Å²) in [4.78, 5) is 23.4. The lowest BCUT2D eigenvalue weighted by Crippen LogP contribution is -2.49. The molecule has 1 atom stereocenters. The van der Waals surface area contributed by atoms with E-state index < -0.39 is 12.1 Å². The number of methoxy groups -OCH3 is 1. The number of rotatable bonds is 5. The molecule has 0 spiro atoms.